The summed E-state index contributed by atoms with van der Waals surface area (Å²) in [5.74, 6) is 0.870. The molecule has 1 fully saturated rings. The Bertz CT molecular complexity index is 648. The molecule has 0 bridgehead atoms. The lowest BCUT2D eigenvalue weighted by Crippen LogP contribution is -2.38. The first-order valence-electron chi connectivity index (χ1n) is 6.13. The Labute approximate surface area is 129 Å². The van der Waals surface area contributed by atoms with Crippen molar-refractivity contribution >= 4 is 45.0 Å². The van der Waals surface area contributed by atoms with Gasteiger partial charge in [-0.1, -0.05) is 11.6 Å². The van der Waals surface area contributed by atoms with E-state index in [9.17, 15) is 4.39 Å². The van der Waals surface area contributed by atoms with E-state index in [4.69, 9.17) is 11.6 Å². The van der Waals surface area contributed by atoms with E-state index in [0.29, 0.717) is 11.6 Å². The van der Waals surface area contributed by atoms with Crippen LogP contribution < -0.4 is 10.2 Å². The van der Waals surface area contributed by atoms with Crippen LogP contribution in [-0.2, 0) is 0 Å². The van der Waals surface area contributed by atoms with Gasteiger partial charge in [0, 0.05) is 25.0 Å². The number of benzene rings is 1. The van der Waals surface area contributed by atoms with Crippen LogP contribution in [0.1, 0.15) is 6.42 Å². The summed E-state index contributed by atoms with van der Waals surface area (Å²) in [6, 6.07) is 4.40. The maximum Gasteiger partial charge on any atom is 0.229 e. The summed E-state index contributed by atoms with van der Waals surface area (Å²) in [6.07, 6.45) is 2.88. The number of aromatic nitrogens is 2. The van der Waals surface area contributed by atoms with Gasteiger partial charge in [-0.25, -0.2) is 9.37 Å². The molecular weight excluding hydrogens is 347 g/mol. The molecule has 2 aromatic rings. The van der Waals surface area contributed by atoms with Crippen LogP contribution in [0.4, 0.5) is 21.8 Å². The van der Waals surface area contributed by atoms with E-state index < -0.39 is 5.82 Å². The zero-order valence-corrected chi connectivity index (χ0v) is 12.7. The van der Waals surface area contributed by atoms with Gasteiger partial charge in [-0.15, -0.1) is 0 Å². The van der Waals surface area contributed by atoms with Crippen molar-refractivity contribution in [1.29, 1.82) is 0 Å². The van der Waals surface area contributed by atoms with E-state index in [1.54, 1.807) is 12.3 Å². The smallest absolute Gasteiger partial charge is 0.229 e. The Hall–Kier alpha value is -1.40. The lowest BCUT2D eigenvalue weighted by atomic mass is 10.2. The van der Waals surface area contributed by atoms with Gasteiger partial charge in [0.2, 0.25) is 5.95 Å². The molecule has 0 amide bonds. The summed E-state index contributed by atoms with van der Waals surface area (Å²) in [5, 5.41) is 3.09. The minimum atomic E-state index is -0.449. The summed E-state index contributed by atoms with van der Waals surface area (Å²) in [4.78, 5) is 10.8. The molecule has 1 N–H and O–H groups in total. The molecule has 1 aromatic carbocycles. The van der Waals surface area contributed by atoms with Crippen LogP contribution >= 0.6 is 27.5 Å². The number of nitrogens with zero attached hydrogens (tertiary/aromatic N) is 3. The monoisotopic (exact) mass is 356 g/mol. The van der Waals surface area contributed by atoms with Gasteiger partial charge in [0.1, 0.15) is 11.6 Å². The molecule has 3 rings (SSSR count). The first-order chi connectivity index (χ1) is 9.63. The van der Waals surface area contributed by atoms with Crippen molar-refractivity contribution in [3.8, 4) is 0 Å². The van der Waals surface area contributed by atoms with E-state index in [1.807, 2.05) is 0 Å². The van der Waals surface area contributed by atoms with Gasteiger partial charge in [0.05, 0.1) is 9.50 Å². The second-order valence-electron chi connectivity index (χ2n) is 4.46. The van der Waals surface area contributed by atoms with E-state index in [0.717, 1.165) is 23.4 Å². The number of hydrogen-bond donors (Lipinski definition) is 1. The highest BCUT2D eigenvalue weighted by Gasteiger charge is 2.19. The van der Waals surface area contributed by atoms with Crippen molar-refractivity contribution < 1.29 is 4.39 Å². The third-order valence-corrected chi connectivity index (χ3v) is 3.91. The van der Waals surface area contributed by atoms with Crippen molar-refractivity contribution in [2.24, 2.45) is 0 Å². The van der Waals surface area contributed by atoms with E-state index in [-0.39, 0.29) is 5.02 Å². The fourth-order valence-corrected chi connectivity index (χ4v) is 2.49. The molecule has 20 heavy (non-hydrogen) atoms. The topological polar surface area (TPSA) is 41.1 Å². The molecule has 0 radical (unpaired) electrons. The summed E-state index contributed by atoms with van der Waals surface area (Å²) in [5.41, 5.74) is 0.647. The molecular formula is C13H11BrClFN4. The molecule has 1 aromatic heterocycles. The molecule has 0 atom stereocenters. The quantitative estimate of drug-likeness (QED) is 0.902. The highest BCUT2D eigenvalue weighted by Crippen LogP contribution is 2.29. The van der Waals surface area contributed by atoms with Crippen LogP contribution in [0.15, 0.2) is 28.9 Å². The molecule has 0 spiro atoms. The molecule has 1 aliphatic heterocycles. The highest BCUT2D eigenvalue weighted by molar-refractivity contribution is 9.10. The van der Waals surface area contributed by atoms with Crippen molar-refractivity contribution in [3.63, 3.8) is 0 Å². The Morgan fingerprint density at radius 1 is 1.35 bits per heavy atom. The predicted octanol–water partition coefficient (Wildman–Crippen LogP) is 3.99. The van der Waals surface area contributed by atoms with Crippen LogP contribution in [0, 0.1) is 5.82 Å². The summed E-state index contributed by atoms with van der Waals surface area (Å²) >= 11 is 9.19. The molecule has 1 saturated heterocycles. The fourth-order valence-electron chi connectivity index (χ4n) is 1.87. The maximum atomic E-state index is 13.1. The van der Waals surface area contributed by atoms with Gasteiger partial charge in [0.25, 0.3) is 0 Å². The van der Waals surface area contributed by atoms with Gasteiger partial charge in [0.15, 0.2) is 0 Å². The van der Waals surface area contributed by atoms with Gasteiger partial charge in [-0.3, -0.25) is 0 Å². The van der Waals surface area contributed by atoms with E-state index in [1.165, 1.54) is 18.6 Å². The lowest BCUT2D eigenvalue weighted by molar-refractivity contribution is 0.608. The third kappa shape index (κ3) is 2.71. The Kier molecular flexibility index (Phi) is 3.76. The SMILES string of the molecule is Fc1ccc(Nc2ncc(Br)c(N3CCC3)n2)cc1Cl. The summed E-state index contributed by atoms with van der Waals surface area (Å²) in [6.45, 7) is 1.99. The maximum absolute atomic E-state index is 13.1. The van der Waals surface area contributed by atoms with Crippen LogP contribution in [0.5, 0.6) is 0 Å². The zero-order chi connectivity index (χ0) is 14.1. The average molecular weight is 358 g/mol. The molecule has 2 heterocycles. The Morgan fingerprint density at radius 2 is 2.15 bits per heavy atom. The largest absolute Gasteiger partial charge is 0.355 e. The molecule has 1 aliphatic rings. The minimum Gasteiger partial charge on any atom is -0.355 e. The van der Waals surface area contributed by atoms with Crippen LogP contribution in [0.3, 0.4) is 0 Å². The first kappa shape index (κ1) is 13.6. The number of nitrogens with one attached hydrogen (secondary N) is 1. The van der Waals surface area contributed by atoms with Crippen molar-refractivity contribution in [2.45, 2.75) is 6.42 Å². The predicted molar refractivity (Wildman–Crippen MR) is 81.3 cm³/mol. The summed E-state index contributed by atoms with van der Waals surface area (Å²) in [7, 11) is 0. The minimum absolute atomic E-state index is 0.0649. The van der Waals surface area contributed by atoms with Crippen LogP contribution in [0.2, 0.25) is 5.02 Å². The fraction of sp³-hybridized carbons (Fsp3) is 0.231. The van der Waals surface area contributed by atoms with Gasteiger partial charge < -0.3 is 10.2 Å². The van der Waals surface area contributed by atoms with Crippen LogP contribution in [-0.4, -0.2) is 23.1 Å². The normalized spacial score (nSPS) is 14.1. The van der Waals surface area contributed by atoms with Crippen molar-refractivity contribution in [1.82, 2.24) is 9.97 Å². The highest BCUT2D eigenvalue weighted by atomic mass is 79.9. The molecule has 0 unspecified atom stereocenters. The molecule has 7 heteroatoms. The Morgan fingerprint density at radius 3 is 2.80 bits per heavy atom. The number of rotatable bonds is 3. The van der Waals surface area contributed by atoms with Gasteiger partial charge in [-0.2, -0.15) is 4.98 Å². The average Bonchev–Trinajstić information content (AvgIpc) is 2.36. The third-order valence-electron chi connectivity index (χ3n) is 3.06. The van der Waals surface area contributed by atoms with Gasteiger partial charge >= 0.3 is 0 Å². The first-order valence-corrected chi connectivity index (χ1v) is 7.30. The molecule has 4 nitrogen and oxygen atoms in total. The number of anilines is 3. The van der Waals surface area contributed by atoms with Crippen LogP contribution in [0.25, 0.3) is 0 Å². The summed E-state index contributed by atoms with van der Waals surface area (Å²) < 4.78 is 14.0. The molecule has 0 aliphatic carbocycles. The molecule has 104 valence electrons. The Balaban J connectivity index is 1.84. The zero-order valence-electron chi connectivity index (χ0n) is 10.4. The van der Waals surface area contributed by atoms with E-state index in [2.05, 4.69) is 36.1 Å². The van der Waals surface area contributed by atoms with Gasteiger partial charge in [-0.05, 0) is 40.5 Å². The second kappa shape index (κ2) is 5.54. The second-order valence-corrected chi connectivity index (χ2v) is 5.72. The number of hydrogen-bond acceptors (Lipinski definition) is 4. The number of halogens is 3. The molecule has 0 saturated carbocycles. The lowest BCUT2D eigenvalue weighted by Gasteiger charge is -2.32. The van der Waals surface area contributed by atoms with Crippen molar-refractivity contribution in [2.75, 3.05) is 23.3 Å². The standard InChI is InChI=1S/C13H11BrClFN4/c14-9-7-17-13(19-12(9)20-4-1-5-20)18-8-2-3-11(16)10(15)6-8/h2-3,6-7H,1,4-5H2,(H,17,18,19). The van der Waals surface area contributed by atoms with Crippen molar-refractivity contribution in [3.05, 3.63) is 39.7 Å². The van der Waals surface area contributed by atoms with E-state index >= 15 is 0 Å².